The topological polar surface area (TPSA) is 30.5 Å². The van der Waals surface area contributed by atoms with Crippen molar-refractivity contribution in [2.24, 2.45) is 0 Å². The van der Waals surface area contributed by atoms with Crippen LogP contribution >= 0.6 is 27.7 Å². The summed E-state index contributed by atoms with van der Waals surface area (Å²) in [6.07, 6.45) is 2.12. The van der Waals surface area contributed by atoms with Gasteiger partial charge in [0.2, 0.25) is 0 Å². The highest BCUT2D eigenvalue weighted by Gasteiger charge is 2.10. The number of benzene rings is 1. The summed E-state index contributed by atoms with van der Waals surface area (Å²) in [6, 6.07) is 4.43. The maximum absolute atomic E-state index is 5.31. The quantitative estimate of drug-likeness (QED) is 0.829. The fourth-order valence-electron chi connectivity index (χ4n) is 1.62. The number of ether oxygens (including phenoxy) is 2. The van der Waals surface area contributed by atoms with Crippen LogP contribution < -0.4 is 14.8 Å². The molecule has 5 heteroatoms. The second kappa shape index (κ2) is 7.92. The Morgan fingerprint density at radius 2 is 1.89 bits per heavy atom. The van der Waals surface area contributed by atoms with E-state index >= 15 is 0 Å². The predicted octanol–water partition coefficient (Wildman–Crippen LogP) is 3.31. The minimum absolute atomic E-state index is 0.486. The van der Waals surface area contributed by atoms with Gasteiger partial charge in [-0.2, -0.15) is 11.8 Å². The van der Waals surface area contributed by atoms with Crippen LogP contribution in [0.4, 0.5) is 0 Å². The van der Waals surface area contributed by atoms with E-state index in [1.54, 1.807) is 14.2 Å². The molecular formula is C13H20BrNO2S. The Kier molecular flexibility index (Phi) is 6.89. The number of rotatable bonds is 7. The molecule has 0 radical (unpaired) electrons. The number of thioether (sulfide) groups is 1. The van der Waals surface area contributed by atoms with Crippen LogP contribution in [0.5, 0.6) is 11.5 Å². The molecule has 1 rings (SSSR count). The van der Waals surface area contributed by atoms with Crippen molar-refractivity contribution in [3.8, 4) is 11.5 Å². The monoisotopic (exact) mass is 333 g/mol. The van der Waals surface area contributed by atoms with Crippen molar-refractivity contribution in [1.82, 2.24) is 5.32 Å². The van der Waals surface area contributed by atoms with Crippen molar-refractivity contribution >= 4 is 27.7 Å². The number of hydrogen-bond acceptors (Lipinski definition) is 4. The standard InChI is InChI=1S/C13H20BrNO2S/c1-9(8-18-4)15-7-10-5-12(16-2)13(17-3)6-11(10)14/h5-6,9,15H,7-8H2,1-4H3. The Morgan fingerprint density at radius 3 is 2.44 bits per heavy atom. The first kappa shape index (κ1) is 15.7. The average Bonchev–Trinajstić information content (AvgIpc) is 2.37. The molecule has 0 aromatic heterocycles. The van der Waals surface area contributed by atoms with Gasteiger partial charge in [-0.1, -0.05) is 15.9 Å². The average molecular weight is 334 g/mol. The molecule has 0 aliphatic heterocycles. The lowest BCUT2D eigenvalue weighted by molar-refractivity contribution is 0.354. The molecule has 0 aliphatic carbocycles. The highest BCUT2D eigenvalue weighted by molar-refractivity contribution is 9.10. The van der Waals surface area contributed by atoms with Gasteiger partial charge in [-0.3, -0.25) is 0 Å². The summed E-state index contributed by atoms with van der Waals surface area (Å²) < 4.78 is 11.6. The van der Waals surface area contributed by atoms with Gasteiger partial charge < -0.3 is 14.8 Å². The summed E-state index contributed by atoms with van der Waals surface area (Å²) in [6.45, 7) is 2.99. The predicted molar refractivity (Wildman–Crippen MR) is 81.9 cm³/mol. The molecule has 1 atom stereocenters. The van der Waals surface area contributed by atoms with Gasteiger partial charge in [-0.25, -0.2) is 0 Å². The Hall–Kier alpha value is -0.390. The number of hydrogen-bond donors (Lipinski definition) is 1. The van der Waals surface area contributed by atoms with E-state index in [9.17, 15) is 0 Å². The summed E-state index contributed by atoms with van der Waals surface area (Å²) >= 11 is 5.40. The van der Waals surface area contributed by atoms with Crippen LogP contribution in [0.1, 0.15) is 12.5 Å². The van der Waals surface area contributed by atoms with Crippen LogP contribution in [0, 0.1) is 0 Å². The molecule has 18 heavy (non-hydrogen) atoms. The van der Waals surface area contributed by atoms with Crippen LogP contribution in [-0.2, 0) is 6.54 Å². The molecule has 0 aliphatic rings. The lowest BCUT2D eigenvalue weighted by Gasteiger charge is -2.15. The maximum Gasteiger partial charge on any atom is 0.161 e. The first-order valence-corrected chi connectivity index (χ1v) is 7.93. The van der Waals surface area contributed by atoms with E-state index in [1.165, 1.54) is 5.56 Å². The highest BCUT2D eigenvalue weighted by Crippen LogP contribution is 2.33. The third-order valence-electron chi connectivity index (χ3n) is 2.61. The van der Waals surface area contributed by atoms with E-state index in [4.69, 9.17) is 9.47 Å². The van der Waals surface area contributed by atoms with Crippen LogP contribution in [0.3, 0.4) is 0 Å². The van der Waals surface area contributed by atoms with Crippen LogP contribution in [0.15, 0.2) is 16.6 Å². The fraction of sp³-hybridized carbons (Fsp3) is 0.538. The van der Waals surface area contributed by atoms with Gasteiger partial charge in [-0.15, -0.1) is 0 Å². The molecule has 1 unspecified atom stereocenters. The SMILES string of the molecule is COc1cc(Br)c(CNC(C)CSC)cc1OC. The number of nitrogens with one attached hydrogen (secondary N) is 1. The lowest BCUT2D eigenvalue weighted by atomic mass is 10.2. The minimum atomic E-state index is 0.486. The molecule has 0 fully saturated rings. The highest BCUT2D eigenvalue weighted by atomic mass is 79.9. The van der Waals surface area contributed by atoms with E-state index < -0.39 is 0 Å². The first-order valence-electron chi connectivity index (χ1n) is 5.75. The van der Waals surface area contributed by atoms with Crippen molar-refractivity contribution in [3.05, 3.63) is 22.2 Å². The van der Waals surface area contributed by atoms with Gasteiger partial charge in [0, 0.05) is 22.8 Å². The molecule has 0 heterocycles. The van der Waals surface area contributed by atoms with Gasteiger partial charge in [0.25, 0.3) is 0 Å². The molecule has 0 amide bonds. The number of halogens is 1. The molecule has 3 nitrogen and oxygen atoms in total. The van der Waals surface area contributed by atoms with Gasteiger partial charge in [0.05, 0.1) is 14.2 Å². The molecule has 0 spiro atoms. The number of methoxy groups -OCH3 is 2. The van der Waals surface area contributed by atoms with Gasteiger partial charge in [0.15, 0.2) is 11.5 Å². The van der Waals surface area contributed by atoms with Crippen LogP contribution in [0.2, 0.25) is 0 Å². The minimum Gasteiger partial charge on any atom is -0.493 e. The van der Waals surface area contributed by atoms with Crippen molar-refractivity contribution < 1.29 is 9.47 Å². The Morgan fingerprint density at radius 1 is 1.28 bits per heavy atom. The van der Waals surface area contributed by atoms with Crippen molar-refractivity contribution in [1.29, 1.82) is 0 Å². The zero-order valence-corrected chi connectivity index (χ0v) is 13.7. The Bertz CT molecular complexity index is 387. The third-order valence-corrected chi connectivity index (χ3v) is 4.18. The molecular weight excluding hydrogens is 314 g/mol. The van der Waals surface area contributed by atoms with E-state index in [0.29, 0.717) is 6.04 Å². The normalized spacial score (nSPS) is 12.3. The molecule has 0 saturated heterocycles. The summed E-state index contributed by atoms with van der Waals surface area (Å²) in [4.78, 5) is 0. The molecule has 0 saturated carbocycles. The molecule has 1 aromatic carbocycles. The van der Waals surface area contributed by atoms with E-state index in [0.717, 1.165) is 28.3 Å². The Labute approximate surface area is 122 Å². The van der Waals surface area contributed by atoms with Crippen molar-refractivity contribution in [3.63, 3.8) is 0 Å². The summed E-state index contributed by atoms with van der Waals surface area (Å²) in [7, 11) is 3.29. The van der Waals surface area contributed by atoms with Gasteiger partial charge in [0.1, 0.15) is 0 Å². The van der Waals surface area contributed by atoms with Gasteiger partial charge >= 0.3 is 0 Å². The molecule has 102 valence electrons. The summed E-state index contributed by atoms with van der Waals surface area (Å²) in [5.74, 6) is 2.60. The Balaban J connectivity index is 2.76. The van der Waals surface area contributed by atoms with Crippen LogP contribution in [0.25, 0.3) is 0 Å². The lowest BCUT2D eigenvalue weighted by Crippen LogP contribution is -2.27. The fourth-order valence-corrected chi connectivity index (χ4v) is 2.71. The molecule has 0 bridgehead atoms. The summed E-state index contributed by atoms with van der Waals surface area (Å²) in [5.41, 5.74) is 1.17. The summed E-state index contributed by atoms with van der Waals surface area (Å²) in [5, 5.41) is 3.48. The molecule has 1 aromatic rings. The first-order chi connectivity index (χ1) is 8.62. The maximum atomic E-state index is 5.31. The smallest absolute Gasteiger partial charge is 0.161 e. The van der Waals surface area contributed by atoms with Crippen LogP contribution in [-0.4, -0.2) is 32.3 Å². The van der Waals surface area contributed by atoms with Gasteiger partial charge in [-0.05, 0) is 30.9 Å². The van der Waals surface area contributed by atoms with E-state index in [2.05, 4.69) is 34.4 Å². The zero-order valence-electron chi connectivity index (χ0n) is 11.2. The largest absolute Gasteiger partial charge is 0.493 e. The molecule has 1 N–H and O–H groups in total. The third kappa shape index (κ3) is 4.37. The zero-order chi connectivity index (χ0) is 13.5. The van der Waals surface area contributed by atoms with E-state index in [-0.39, 0.29) is 0 Å². The van der Waals surface area contributed by atoms with Crippen molar-refractivity contribution in [2.45, 2.75) is 19.5 Å². The van der Waals surface area contributed by atoms with Crippen molar-refractivity contribution in [2.75, 3.05) is 26.2 Å². The van der Waals surface area contributed by atoms with E-state index in [1.807, 2.05) is 23.9 Å². The second-order valence-corrected chi connectivity index (χ2v) is 5.80. The second-order valence-electron chi connectivity index (χ2n) is 4.04.